The third kappa shape index (κ3) is 4.28. The van der Waals surface area contributed by atoms with Crippen LogP contribution in [0.1, 0.15) is 17.5 Å². The minimum atomic E-state index is 0.572. The molecule has 3 aromatic rings. The highest BCUT2D eigenvalue weighted by molar-refractivity contribution is 6.18. The van der Waals surface area contributed by atoms with Crippen LogP contribution >= 0.6 is 11.6 Å². The summed E-state index contributed by atoms with van der Waals surface area (Å²) in [6.07, 6.45) is 0.714. The molecule has 3 aromatic carbocycles. The van der Waals surface area contributed by atoms with Gasteiger partial charge in [0.1, 0.15) is 12.4 Å². The Hall–Kier alpha value is -2.43. The van der Waals surface area contributed by atoms with Gasteiger partial charge in [0.2, 0.25) is 0 Å². The van der Waals surface area contributed by atoms with Crippen molar-refractivity contribution < 1.29 is 4.74 Å². The number of halogens is 1. The maximum absolute atomic E-state index is 5.87. The number of rotatable bonds is 4. The first-order valence-electron chi connectivity index (χ1n) is 7.60. The van der Waals surface area contributed by atoms with Gasteiger partial charge in [0, 0.05) is 17.9 Å². The minimum absolute atomic E-state index is 0.572. The van der Waals surface area contributed by atoms with Crippen molar-refractivity contribution in [2.24, 2.45) is 0 Å². The van der Waals surface area contributed by atoms with Gasteiger partial charge in [-0.3, -0.25) is 0 Å². The van der Waals surface area contributed by atoms with E-state index >= 15 is 0 Å². The van der Waals surface area contributed by atoms with Gasteiger partial charge in [-0.05, 0) is 40.6 Å². The number of fused-ring (bicyclic) bond motifs is 1. The summed E-state index contributed by atoms with van der Waals surface area (Å²) in [5.74, 6) is 7.64. The molecule has 0 aliphatic heterocycles. The summed E-state index contributed by atoms with van der Waals surface area (Å²) in [6.45, 7) is 0.578. The Balaban J connectivity index is 1.75. The molecule has 114 valence electrons. The second-order valence-electron chi connectivity index (χ2n) is 5.24. The van der Waals surface area contributed by atoms with Crippen LogP contribution in [0.25, 0.3) is 10.8 Å². The normalized spacial score (nSPS) is 10.1. The lowest BCUT2D eigenvalue weighted by atomic mass is 10.1. The molecular weight excluding hydrogens is 304 g/mol. The monoisotopic (exact) mass is 320 g/mol. The molecule has 0 heterocycles. The highest BCUT2D eigenvalue weighted by atomic mass is 35.5. The zero-order chi connectivity index (χ0) is 15.9. The fourth-order valence-electron chi connectivity index (χ4n) is 2.34. The molecule has 0 atom stereocenters. The summed E-state index contributed by atoms with van der Waals surface area (Å²) >= 11 is 5.64. The standard InChI is InChI=1S/C21H17ClO/c22-13-5-4-6-17-9-10-20-15-21(12-11-19(20)14-17)23-16-18-7-2-1-3-8-18/h1-3,7-12,14-15H,5,13,16H2. The van der Waals surface area contributed by atoms with E-state index in [1.54, 1.807) is 0 Å². The predicted octanol–water partition coefficient (Wildman–Crippen LogP) is 5.40. The van der Waals surface area contributed by atoms with Gasteiger partial charge in [-0.25, -0.2) is 0 Å². The lowest BCUT2D eigenvalue weighted by molar-refractivity contribution is 0.306. The van der Waals surface area contributed by atoms with E-state index in [1.165, 1.54) is 0 Å². The van der Waals surface area contributed by atoms with Crippen molar-refractivity contribution >= 4 is 22.4 Å². The van der Waals surface area contributed by atoms with Gasteiger partial charge in [0.25, 0.3) is 0 Å². The molecule has 1 nitrogen and oxygen atoms in total. The molecular formula is C21H17ClO. The van der Waals surface area contributed by atoms with Crippen molar-refractivity contribution in [1.29, 1.82) is 0 Å². The minimum Gasteiger partial charge on any atom is -0.489 e. The maximum atomic E-state index is 5.87. The molecule has 0 saturated carbocycles. The molecule has 0 amide bonds. The average molecular weight is 321 g/mol. The van der Waals surface area contributed by atoms with E-state index in [0.717, 1.165) is 27.6 Å². The van der Waals surface area contributed by atoms with E-state index < -0.39 is 0 Å². The number of hydrogen-bond donors (Lipinski definition) is 0. The van der Waals surface area contributed by atoms with Gasteiger partial charge >= 0.3 is 0 Å². The second-order valence-corrected chi connectivity index (χ2v) is 5.62. The van der Waals surface area contributed by atoms with Crippen LogP contribution < -0.4 is 4.74 Å². The largest absolute Gasteiger partial charge is 0.489 e. The van der Waals surface area contributed by atoms with Gasteiger partial charge in [-0.15, -0.1) is 11.6 Å². The molecule has 3 rings (SSSR count). The third-order valence-corrected chi connectivity index (χ3v) is 3.70. The smallest absolute Gasteiger partial charge is 0.120 e. The third-order valence-electron chi connectivity index (χ3n) is 3.51. The van der Waals surface area contributed by atoms with Crippen LogP contribution in [-0.4, -0.2) is 5.88 Å². The summed E-state index contributed by atoms with van der Waals surface area (Å²) in [5.41, 5.74) is 2.18. The summed E-state index contributed by atoms with van der Waals surface area (Å²) in [6, 6.07) is 22.5. The summed E-state index contributed by atoms with van der Waals surface area (Å²) in [4.78, 5) is 0. The molecule has 0 bridgehead atoms. The highest BCUT2D eigenvalue weighted by Gasteiger charge is 1.99. The molecule has 0 radical (unpaired) electrons. The zero-order valence-electron chi connectivity index (χ0n) is 12.8. The average Bonchev–Trinajstić information content (AvgIpc) is 2.61. The molecule has 0 aliphatic rings. The lowest BCUT2D eigenvalue weighted by Crippen LogP contribution is -1.94. The second kappa shape index (κ2) is 7.72. The lowest BCUT2D eigenvalue weighted by Gasteiger charge is -2.07. The number of benzene rings is 3. The van der Waals surface area contributed by atoms with Crippen molar-refractivity contribution in [3.05, 3.63) is 77.9 Å². The van der Waals surface area contributed by atoms with Crippen molar-refractivity contribution in [3.63, 3.8) is 0 Å². The van der Waals surface area contributed by atoms with Crippen LogP contribution in [-0.2, 0) is 6.61 Å². The molecule has 23 heavy (non-hydrogen) atoms. The Morgan fingerprint density at radius 1 is 0.870 bits per heavy atom. The van der Waals surface area contributed by atoms with E-state index in [9.17, 15) is 0 Å². The summed E-state index contributed by atoms with van der Waals surface area (Å²) in [5, 5.41) is 2.31. The van der Waals surface area contributed by atoms with Crippen molar-refractivity contribution in [2.75, 3.05) is 5.88 Å². The van der Waals surface area contributed by atoms with Crippen LogP contribution in [0.2, 0.25) is 0 Å². The molecule has 0 N–H and O–H groups in total. The summed E-state index contributed by atoms with van der Waals surface area (Å²) < 4.78 is 5.87. The molecule has 0 saturated heterocycles. The fourth-order valence-corrected chi connectivity index (χ4v) is 2.44. The van der Waals surface area contributed by atoms with Crippen molar-refractivity contribution in [3.8, 4) is 17.6 Å². The number of alkyl halides is 1. The Kier molecular flexibility index (Phi) is 5.19. The number of ether oxygens (including phenoxy) is 1. The quantitative estimate of drug-likeness (QED) is 0.462. The van der Waals surface area contributed by atoms with E-state index in [-0.39, 0.29) is 0 Å². The Labute approximate surface area is 141 Å². The Bertz CT molecular complexity index is 844. The molecule has 2 heteroatoms. The number of hydrogen-bond acceptors (Lipinski definition) is 1. The first-order valence-corrected chi connectivity index (χ1v) is 8.14. The molecule has 0 spiro atoms. The van der Waals surface area contributed by atoms with Crippen LogP contribution in [0.15, 0.2) is 66.7 Å². The van der Waals surface area contributed by atoms with Crippen LogP contribution in [0.5, 0.6) is 5.75 Å². The SMILES string of the molecule is ClCCC#Cc1ccc2cc(OCc3ccccc3)ccc2c1. The fraction of sp³-hybridized carbons (Fsp3) is 0.143. The predicted molar refractivity (Wildman–Crippen MR) is 96.9 cm³/mol. The van der Waals surface area contributed by atoms with Gasteiger partial charge < -0.3 is 4.74 Å². The zero-order valence-corrected chi connectivity index (χ0v) is 13.5. The van der Waals surface area contributed by atoms with Gasteiger partial charge in [0.05, 0.1) is 0 Å². The summed E-state index contributed by atoms with van der Waals surface area (Å²) in [7, 11) is 0. The van der Waals surface area contributed by atoms with E-state index in [1.807, 2.05) is 30.3 Å². The Morgan fingerprint density at radius 2 is 1.65 bits per heavy atom. The first-order chi connectivity index (χ1) is 11.3. The van der Waals surface area contributed by atoms with Crippen LogP contribution in [0.3, 0.4) is 0 Å². The van der Waals surface area contributed by atoms with Gasteiger partial charge in [0.15, 0.2) is 0 Å². The van der Waals surface area contributed by atoms with Crippen LogP contribution in [0, 0.1) is 11.8 Å². The van der Waals surface area contributed by atoms with E-state index in [4.69, 9.17) is 16.3 Å². The van der Waals surface area contributed by atoms with Crippen LogP contribution in [0.4, 0.5) is 0 Å². The van der Waals surface area contributed by atoms with E-state index in [2.05, 4.69) is 48.2 Å². The van der Waals surface area contributed by atoms with Gasteiger partial charge in [-0.2, -0.15) is 0 Å². The first kappa shape index (κ1) is 15.5. The molecule has 0 aromatic heterocycles. The topological polar surface area (TPSA) is 9.23 Å². The van der Waals surface area contributed by atoms with Crippen molar-refractivity contribution in [2.45, 2.75) is 13.0 Å². The molecule has 0 fully saturated rings. The Morgan fingerprint density at radius 3 is 2.48 bits per heavy atom. The van der Waals surface area contributed by atoms with Crippen molar-refractivity contribution in [1.82, 2.24) is 0 Å². The molecule has 0 aliphatic carbocycles. The highest BCUT2D eigenvalue weighted by Crippen LogP contribution is 2.22. The molecule has 0 unspecified atom stereocenters. The van der Waals surface area contributed by atoms with Gasteiger partial charge in [-0.1, -0.05) is 54.3 Å². The van der Waals surface area contributed by atoms with E-state index in [0.29, 0.717) is 18.9 Å². The maximum Gasteiger partial charge on any atom is 0.120 e.